The van der Waals surface area contributed by atoms with Crippen molar-refractivity contribution >= 4 is 39.1 Å². The maximum atomic E-state index is 12.4. The Hall–Kier alpha value is -2.63. The quantitative estimate of drug-likeness (QED) is 0.569. The molecule has 0 saturated carbocycles. The van der Waals surface area contributed by atoms with Crippen molar-refractivity contribution in [1.29, 1.82) is 0 Å². The van der Waals surface area contributed by atoms with Crippen LogP contribution >= 0.6 is 22.9 Å². The minimum Gasteiger partial charge on any atom is -0.348 e. The molecule has 1 N–H and O–H groups in total. The molecule has 1 amide bonds. The lowest BCUT2D eigenvalue weighted by atomic mass is 10.2. The SMILES string of the molecule is O=C(NCc1ccccc1Cl)c1ccc2nc(-n3cccc3)sc2c1. The van der Waals surface area contributed by atoms with E-state index in [-0.39, 0.29) is 5.91 Å². The second kappa shape index (κ2) is 6.70. The van der Waals surface area contributed by atoms with Gasteiger partial charge in [-0.15, -0.1) is 0 Å². The molecule has 124 valence electrons. The highest BCUT2D eigenvalue weighted by Crippen LogP contribution is 2.26. The first-order valence-corrected chi connectivity index (χ1v) is 8.96. The molecule has 0 saturated heterocycles. The van der Waals surface area contributed by atoms with Crippen LogP contribution in [0.4, 0.5) is 0 Å². The van der Waals surface area contributed by atoms with Gasteiger partial charge in [0.05, 0.1) is 10.2 Å². The normalized spacial score (nSPS) is 10.9. The standard InChI is InChI=1S/C19H14ClN3OS/c20-15-6-2-1-5-14(15)12-21-18(24)13-7-8-16-17(11-13)25-19(22-16)23-9-3-4-10-23/h1-11H,12H2,(H,21,24). The van der Waals surface area contributed by atoms with E-state index in [9.17, 15) is 4.79 Å². The lowest BCUT2D eigenvalue weighted by Crippen LogP contribution is -2.22. The van der Waals surface area contributed by atoms with Crippen LogP contribution in [0.1, 0.15) is 15.9 Å². The molecule has 0 aliphatic heterocycles. The highest BCUT2D eigenvalue weighted by atomic mass is 35.5. The van der Waals surface area contributed by atoms with Crippen LogP contribution in [0, 0.1) is 0 Å². The largest absolute Gasteiger partial charge is 0.348 e. The van der Waals surface area contributed by atoms with E-state index in [2.05, 4.69) is 10.3 Å². The summed E-state index contributed by atoms with van der Waals surface area (Å²) in [5, 5.41) is 4.44. The summed E-state index contributed by atoms with van der Waals surface area (Å²) >= 11 is 7.68. The van der Waals surface area contributed by atoms with E-state index < -0.39 is 0 Å². The van der Waals surface area contributed by atoms with Gasteiger partial charge in [0.15, 0.2) is 5.13 Å². The summed E-state index contributed by atoms with van der Waals surface area (Å²) in [6.07, 6.45) is 3.91. The molecule has 2 aromatic heterocycles. The maximum Gasteiger partial charge on any atom is 0.251 e. The van der Waals surface area contributed by atoms with Crippen molar-refractivity contribution in [1.82, 2.24) is 14.9 Å². The van der Waals surface area contributed by atoms with E-state index >= 15 is 0 Å². The number of hydrogen-bond acceptors (Lipinski definition) is 3. The molecular formula is C19H14ClN3OS. The molecule has 0 bridgehead atoms. The molecule has 2 aromatic carbocycles. The summed E-state index contributed by atoms with van der Waals surface area (Å²) in [4.78, 5) is 17.0. The van der Waals surface area contributed by atoms with Crippen molar-refractivity contribution < 1.29 is 4.79 Å². The van der Waals surface area contributed by atoms with E-state index in [1.165, 1.54) is 0 Å². The van der Waals surface area contributed by atoms with Gasteiger partial charge in [0.1, 0.15) is 0 Å². The van der Waals surface area contributed by atoms with Gasteiger partial charge in [-0.1, -0.05) is 41.1 Å². The lowest BCUT2D eigenvalue weighted by Gasteiger charge is -2.07. The number of amides is 1. The molecule has 4 aromatic rings. The summed E-state index contributed by atoms with van der Waals surface area (Å²) in [5.74, 6) is -0.127. The first kappa shape index (κ1) is 15.9. The van der Waals surface area contributed by atoms with Gasteiger partial charge in [-0.25, -0.2) is 4.98 Å². The molecule has 0 aliphatic rings. The number of nitrogens with one attached hydrogen (secondary N) is 1. The zero-order valence-electron chi connectivity index (χ0n) is 13.1. The van der Waals surface area contributed by atoms with E-state index in [4.69, 9.17) is 11.6 Å². The fourth-order valence-electron chi connectivity index (χ4n) is 2.55. The molecule has 2 heterocycles. The Morgan fingerprint density at radius 3 is 2.72 bits per heavy atom. The van der Waals surface area contributed by atoms with Gasteiger partial charge in [-0.3, -0.25) is 4.79 Å². The molecule has 6 heteroatoms. The van der Waals surface area contributed by atoms with Crippen LogP contribution in [0.2, 0.25) is 5.02 Å². The second-order valence-electron chi connectivity index (χ2n) is 5.54. The van der Waals surface area contributed by atoms with Crippen LogP contribution < -0.4 is 5.32 Å². The Kier molecular flexibility index (Phi) is 4.26. The molecule has 0 atom stereocenters. The van der Waals surface area contributed by atoms with Gasteiger partial charge >= 0.3 is 0 Å². The van der Waals surface area contributed by atoms with Crippen molar-refractivity contribution in [3.05, 3.63) is 83.1 Å². The molecule has 4 nitrogen and oxygen atoms in total. The number of aromatic nitrogens is 2. The smallest absolute Gasteiger partial charge is 0.251 e. The number of carbonyl (C=O) groups is 1. The topological polar surface area (TPSA) is 46.9 Å². The van der Waals surface area contributed by atoms with E-state index in [1.807, 2.05) is 65.5 Å². The first-order valence-electron chi connectivity index (χ1n) is 7.76. The number of halogens is 1. The third-order valence-corrected chi connectivity index (χ3v) is 5.26. The van der Waals surface area contributed by atoms with Gasteiger partial charge in [0, 0.05) is 29.5 Å². The van der Waals surface area contributed by atoms with Crippen molar-refractivity contribution in [3.63, 3.8) is 0 Å². The maximum absolute atomic E-state index is 12.4. The molecule has 0 fully saturated rings. The number of fused-ring (bicyclic) bond motifs is 1. The van der Waals surface area contributed by atoms with Gasteiger partial charge in [-0.05, 0) is 42.0 Å². The highest BCUT2D eigenvalue weighted by Gasteiger charge is 2.10. The molecular weight excluding hydrogens is 354 g/mol. The molecule has 4 rings (SSSR count). The van der Waals surface area contributed by atoms with Crippen molar-refractivity contribution in [3.8, 4) is 5.13 Å². The predicted octanol–water partition coefficient (Wildman–Crippen LogP) is 4.67. The monoisotopic (exact) mass is 367 g/mol. The minimum atomic E-state index is -0.127. The summed E-state index contributed by atoms with van der Waals surface area (Å²) < 4.78 is 2.94. The van der Waals surface area contributed by atoms with Crippen molar-refractivity contribution in [2.45, 2.75) is 6.54 Å². The van der Waals surface area contributed by atoms with Gasteiger partial charge in [-0.2, -0.15) is 0 Å². The summed E-state index contributed by atoms with van der Waals surface area (Å²) in [7, 11) is 0. The lowest BCUT2D eigenvalue weighted by molar-refractivity contribution is 0.0951. The van der Waals surface area contributed by atoms with Gasteiger partial charge in [0.2, 0.25) is 0 Å². The highest BCUT2D eigenvalue weighted by molar-refractivity contribution is 7.20. The Bertz CT molecular complexity index is 1040. The Labute approximate surface area is 153 Å². The van der Waals surface area contributed by atoms with Crippen molar-refractivity contribution in [2.24, 2.45) is 0 Å². The van der Waals surface area contributed by atoms with E-state index in [0.29, 0.717) is 17.1 Å². The number of thiazole rings is 1. The third kappa shape index (κ3) is 3.29. The summed E-state index contributed by atoms with van der Waals surface area (Å²) in [6.45, 7) is 0.397. The molecule has 0 radical (unpaired) electrons. The Morgan fingerprint density at radius 2 is 1.92 bits per heavy atom. The molecule has 0 aliphatic carbocycles. The molecule has 0 unspecified atom stereocenters. The third-order valence-electron chi connectivity index (χ3n) is 3.86. The minimum absolute atomic E-state index is 0.127. The first-order chi connectivity index (χ1) is 12.2. The molecule has 0 spiro atoms. The summed E-state index contributed by atoms with van der Waals surface area (Å²) in [6, 6.07) is 17.0. The second-order valence-corrected chi connectivity index (χ2v) is 6.96. The van der Waals surface area contributed by atoms with Crippen LogP contribution in [-0.2, 0) is 6.54 Å². The zero-order chi connectivity index (χ0) is 17.2. The van der Waals surface area contributed by atoms with E-state index in [1.54, 1.807) is 17.4 Å². The number of benzene rings is 2. The predicted molar refractivity (Wildman–Crippen MR) is 102 cm³/mol. The van der Waals surface area contributed by atoms with Crippen molar-refractivity contribution in [2.75, 3.05) is 0 Å². The van der Waals surface area contributed by atoms with Gasteiger partial charge < -0.3 is 9.88 Å². The van der Waals surface area contributed by atoms with Crippen LogP contribution in [0.15, 0.2) is 67.0 Å². The average Bonchev–Trinajstić information content (AvgIpc) is 3.29. The van der Waals surface area contributed by atoms with Crippen LogP contribution in [0.25, 0.3) is 15.3 Å². The van der Waals surface area contributed by atoms with Crippen LogP contribution in [0.5, 0.6) is 0 Å². The average molecular weight is 368 g/mol. The number of nitrogens with zero attached hydrogens (tertiary/aromatic N) is 2. The van der Waals surface area contributed by atoms with E-state index in [0.717, 1.165) is 20.9 Å². The number of carbonyl (C=O) groups excluding carboxylic acids is 1. The fourth-order valence-corrected chi connectivity index (χ4v) is 3.72. The van der Waals surface area contributed by atoms with Crippen LogP contribution in [-0.4, -0.2) is 15.5 Å². The zero-order valence-corrected chi connectivity index (χ0v) is 14.7. The van der Waals surface area contributed by atoms with Gasteiger partial charge in [0.25, 0.3) is 5.91 Å². The number of hydrogen-bond donors (Lipinski definition) is 1. The van der Waals surface area contributed by atoms with Crippen LogP contribution in [0.3, 0.4) is 0 Å². The summed E-state index contributed by atoms with van der Waals surface area (Å²) in [5.41, 5.74) is 2.39. The Morgan fingerprint density at radius 1 is 1.12 bits per heavy atom. The number of rotatable bonds is 4. The fraction of sp³-hybridized carbons (Fsp3) is 0.0526. The molecule has 25 heavy (non-hydrogen) atoms. The Balaban J connectivity index is 1.54.